The maximum atomic E-state index is 12.0. The van der Waals surface area contributed by atoms with E-state index in [4.69, 9.17) is 0 Å². The molecule has 2 amide bonds. The van der Waals surface area contributed by atoms with Gasteiger partial charge in [-0.3, -0.25) is 0 Å². The third kappa shape index (κ3) is 5.96. The molecule has 0 aliphatic carbocycles. The van der Waals surface area contributed by atoms with Crippen molar-refractivity contribution in [3.05, 3.63) is 65.7 Å². The predicted molar refractivity (Wildman–Crippen MR) is 97.4 cm³/mol. The summed E-state index contributed by atoms with van der Waals surface area (Å²) in [6, 6.07) is 15.6. The zero-order valence-corrected chi connectivity index (χ0v) is 14.2. The Morgan fingerprint density at radius 3 is 2.38 bits per heavy atom. The lowest BCUT2D eigenvalue weighted by molar-refractivity contribution is -0.138. The highest BCUT2D eigenvalue weighted by molar-refractivity contribution is 7.98. The Kier molecular flexibility index (Phi) is 6.69. The van der Waals surface area contributed by atoms with Gasteiger partial charge in [0, 0.05) is 17.2 Å². The van der Waals surface area contributed by atoms with Gasteiger partial charge in [-0.15, -0.1) is 0 Å². The minimum atomic E-state index is -1.05. The Labute approximate surface area is 145 Å². The maximum Gasteiger partial charge on any atom is 0.327 e. The second-order valence-corrected chi connectivity index (χ2v) is 6.39. The molecule has 0 aromatic heterocycles. The van der Waals surface area contributed by atoms with Crippen LogP contribution in [0.2, 0.25) is 0 Å². The summed E-state index contributed by atoms with van der Waals surface area (Å²) in [5.74, 6) is -0.0492. The monoisotopic (exact) mass is 344 g/mol. The molecule has 0 unspecified atom stereocenters. The fourth-order valence-corrected chi connectivity index (χ4v) is 3.01. The summed E-state index contributed by atoms with van der Waals surface area (Å²) >= 11 is 1.47. The molecule has 2 aromatic rings. The minimum Gasteiger partial charge on any atom is -0.480 e. The second-order valence-electron chi connectivity index (χ2n) is 5.36. The molecule has 0 saturated carbocycles. The Morgan fingerprint density at radius 2 is 1.75 bits per heavy atom. The fourth-order valence-electron chi connectivity index (χ4n) is 2.01. The summed E-state index contributed by atoms with van der Waals surface area (Å²) in [6.45, 7) is 1.95. The van der Waals surface area contributed by atoms with Crippen molar-refractivity contribution < 1.29 is 14.7 Å². The molecule has 0 heterocycles. The van der Waals surface area contributed by atoms with Crippen LogP contribution in [-0.2, 0) is 10.5 Å². The Bertz CT molecular complexity index is 674. The van der Waals surface area contributed by atoms with Crippen molar-refractivity contribution in [2.24, 2.45) is 0 Å². The number of hydrogen-bond donors (Lipinski definition) is 3. The molecular weight excluding hydrogens is 324 g/mol. The van der Waals surface area contributed by atoms with E-state index in [-0.39, 0.29) is 0 Å². The zero-order valence-electron chi connectivity index (χ0n) is 13.4. The number of urea groups is 1. The molecule has 1 atom stereocenters. The third-order valence-electron chi connectivity index (χ3n) is 3.31. The number of aryl methyl sites for hydroxylation is 1. The van der Waals surface area contributed by atoms with Crippen LogP contribution >= 0.6 is 11.8 Å². The van der Waals surface area contributed by atoms with E-state index in [0.717, 1.165) is 11.1 Å². The molecule has 0 radical (unpaired) electrons. The number of hydrogen-bond acceptors (Lipinski definition) is 3. The second kappa shape index (κ2) is 8.98. The van der Waals surface area contributed by atoms with E-state index in [9.17, 15) is 14.7 Å². The molecule has 6 heteroatoms. The molecule has 0 aliphatic rings. The fraction of sp³-hybridized carbons (Fsp3) is 0.222. The maximum absolute atomic E-state index is 12.0. The summed E-state index contributed by atoms with van der Waals surface area (Å²) in [4.78, 5) is 23.3. The quantitative estimate of drug-likeness (QED) is 0.718. The highest BCUT2D eigenvalue weighted by Crippen LogP contribution is 2.13. The number of thioether (sulfide) groups is 1. The van der Waals surface area contributed by atoms with Gasteiger partial charge in [-0.05, 0) is 24.6 Å². The highest BCUT2D eigenvalue weighted by Gasteiger charge is 2.19. The molecule has 2 rings (SSSR count). The van der Waals surface area contributed by atoms with Crippen LogP contribution in [0.3, 0.4) is 0 Å². The van der Waals surface area contributed by atoms with E-state index in [1.807, 2.05) is 49.4 Å². The number of rotatable bonds is 7. The van der Waals surface area contributed by atoms with Crippen molar-refractivity contribution in [2.75, 3.05) is 11.1 Å². The van der Waals surface area contributed by atoms with Crippen LogP contribution in [0.15, 0.2) is 54.6 Å². The normalized spacial score (nSPS) is 11.5. The number of anilines is 1. The van der Waals surface area contributed by atoms with Gasteiger partial charge in [0.25, 0.3) is 0 Å². The van der Waals surface area contributed by atoms with Gasteiger partial charge in [-0.2, -0.15) is 11.8 Å². The molecule has 0 bridgehead atoms. The number of carboxylic acid groups (broad SMARTS) is 1. The Hall–Kier alpha value is -2.47. The standard InChI is InChI=1S/C18H20N2O3S/c1-13-7-9-15(10-8-13)19-18(23)20-16(17(21)22)12-24-11-14-5-3-2-4-6-14/h2-10,16H,11-12H2,1H3,(H,21,22)(H2,19,20,23)/t16-/m0/s1. The largest absolute Gasteiger partial charge is 0.480 e. The first-order chi connectivity index (χ1) is 11.5. The van der Waals surface area contributed by atoms with E-state index in [1.165, 1.54) is 11.8 Å². The molecule has 0 aliphatic heterocycles. The van der Waals surface area contributed by atoms with Crippen molar-refractivity contribution in [3.8, 4) is 0 Å². The molecule has 0 saturated heterocycles. The molecule has 24 heavy (non-hydrogen) atoms. The first-order valence-corrected chi connectivity index (χ1v) is 8.69. The van der Waals surface area contributed by atoms with Crippen LogP contribution in [0.4, 0.5) is 10.5 Å². The van der Waals surface area contributed by atoms with Crippen molar-refractivity contribution in [1.29, 1.82) is 0 Å². The summed E-state index contributed by atoms with van der Waals surface area (Å²) in [6.07, 6.45) is 0. The van der Waals surface area contributed by atoms with Crippen LogP contribution in [0.5, 0.6) is 0 Å². The van der Waals surface area contributed by atoms with E-state index >= 15 is 0 Å². The lowest BCUT2D eigenvalue weighted by Crippen LogP contribution is -2.44. The van der Waals surface area contributed by atoms with Crippen molar-refractivity contribution in [3.63, 3.8) is 0 Å². The number of benzene rings is 2. The van der Waals surface area contributed by atoms with Crippen molar-refractivity contribution in [2.45, 2.75) is 18.7 Å². The average Bonchev–Trinajstić information content (AvgIpc) is 2.57. The third-order valence-corrected chi connectivity index (χ3v) is 4.42. The Balaban J connectivity index is 1.82. The SMILES string of the molecule is Cc1ccc(NC(=O)N[C@@H](CSCc2ccccc2)C(=O)O)cc1. The lowest BCUT2D eigenvalue weighted by Gasteiger charge is -2.15. The van der Waals surface area contributed by atoms with Gasteiger partial charge in [0.1, 0.15) is 6.04 Å². The van der Waals surface area contributed by atoms with Crippen LogP contribution < -0.4 is 10.6 Å². The molecule has 5 nitrogen and oxygen atoms in total. The van der Waals surface area contributed by atoms with Gasteiger partial charge in [0.2, 0.25) is 0 Å². The first-order valence-electron chi connectivity index (χ1n) is 7.53. The number of aliphatic carboxylic acids is 1. The summed E-state index contributed by atoms with van der Waals surface area (Å²) in [5, 5.41) is 14.4. The summed E-state index contributed by atoms with van der Waals surface area (Å²) in [7, 11) is 0. The molecule has 3 N–H and O–H groups in total. The minimum absolute atomic E-state index is 0.297. The van der Waals surface area contributed by atoms with Gasteiger partial charge in [-0.25, -0.2) is 9.59 Å². The average molecular weight is 344 g/mol. The topological polar surface area (TPSA) is 78.4 Å². The van der Waals surface area contributed by atoms with Crippen LogP contribution in [-0.4, -0.2) is 28.9 Å². The van der Waals surface area contributed by atoms with Crippen LogP contribution in [0.25, 0.3) is 0 Å². The van der Waals surface area contributed by atoms with E-state index in [0.29, 0.717) is 17.2 Å². The van der Waals surface area contributed by atoms with Crippen molar-refractivity contribution >= 4 is 29.4 Å². The number of nitrogens with one attached hydrogen (secondary N) is 2. The molecule has 2 aromatic carbocycles. The summed E-state index contributed by atoms with van der Waals surface area (Å²) in [5.41, 5.74) is 2.83. The lowest BCUT2D eigenvalue weighted by atomic mass is 10.2. The molecule has 0 spiro atoms. The van der Waals surface area contributed by atoms with E-state index in [2.05, 4.69) is 10.6 Å². The number of carboxylic acids is 1. The molecule has 126 valence electrons. The number of carbonyl (C=O) groups excluding carboxylic acids is 1. The van der Waals surface area contributed by atoms with Crippen LogP contribution in [0, 0.1) is 6.92 Å². The van der Waals surface area contributed by atoms with Gasteiger partial charge in [-0.1, -0.05) is 48.0 Å². The number of amides is 2. The summed E-state index contributed by atoms with van der Waals surface area (Å²) < 4.78 is 0. The Morgan fingerprint density at radius 1 is 1.08 bits per heavy atom. The van der Waals surface area contributed by atoms with Gasteiger partial charge >= 0.3 is 12.0 Å². The van der Waals surface area contributed by atoms with Gasteiger partial charge in [0.15, 0.2) is 0 Å². The highest BCUT2D eigenvalue weighted by atomic mass is 32.2. The molecule has 0 fully saturated rings. The van der Waals surface area contributed by atoms with Crippen LogP contribution in [0.1, 0.15) is 11.1 Å². The van der Waals surface area contributed by atoms with Gasteiger partial charge < -0.3 is 15.7 Å². The molecular formula is C18H20N2O3S. The smallest absolute Gasteiger partial charge is 0.327 e. The zero-order chi connectivity index (χ0) is 17.4. The van der Waals surface area contributed by atoms with Crippen molar-refractivity contribution in [1.82, 2.24) is 5.32 Å². The predicted octanol–water partition coefficient (Wildman–Crippen LogP) is 3.50. The van der Waals surface area contributed by atoms with E-state index in [1.54, 1.807) is 12.1 Å². The van der Waals surface area contributed by atoms with Gasteiger partial charge in [0.05, 0.1) is 0 Å². The number of carbonyl (C=O) groups is 2. The van der Waals surface area contributed by atoms with E-state index < -0.39 is 18.0 Å². The first kappa shape index (κ1) is 17.9.